The Hall–Kier alpha value is -0.950. The van der Waals surface area contributed by atoms with E-state index >= 15 is 0 Å². The maximum absolute atomic E-state index is 11.7. The summed E-state index contributed by atoms with van der Waals surface area (Å²) < 4.78 is 0. The van der Waals surface area contributed by atoms with Crippen LogP contribution >= 0.6 is 11.8 Å². The molecule has 0 aromatic rings. The van der Waals surface area contributed by atoms with Gasteiger partial charge in [-0.3, -0.25) is 0 Å². The summed E-state index contributed by atoms with van der Waals surface area (Å²) in [5.74, 6) is -0.313. The van der Waals surface area contributed by atoms with Crippen LogP contribution in [0.5, 0.6) is 0 Å². The topological polar surface area (TPSA) is 89.9 Å². The minimum absolute atomic E-state index is 0.0237. The van der Waals surface area contributed by atoms with E-state index in [-0.39, 0.29) is 6.04 Å². The number of hydrogen-bond acceptors (Lipinski definition) is 4. The molecule has 3 N–H and O–H groups in total. The maximum atomic E-state index is 11.7. The minimum atomic E-state index is -1.25. The lowest BCUT2D eigenvalue weighted by Crippen LogP contribution is -2.50. The fourth-order valence-corrected chi connectivity index (χ4v) is 1.70. The number of rotatable bonds is 7. The number of carbonyl (C=O) groups is 2. The van der Waals surface area contributed by atoms with E-state index in [2.05, 4.69) is 5.32 Å². The number of aliphatic hydroxyl groups is 1. The lowest BCUT2D eigenvalue weighted by atomic mass is 10.2. The van der Waals surface area contributed by atoms with Crippen LogP contribution in [0.3, 0.4) is 0 Å². The Morgan fingerprint density at radius 2 is 2.06 bits per heavy atom. The Labute approximate surface area is 105 Å². The van der Waals surface area contributed by atoms with E-state index in [4.69, 9.17) is 10.2 Å². The Bertz CT molecular complexity index is 263. The van der Waals surface area contributed by atoms with Gasteiger partial charge in [0, 0.05) is 13.1 Å². The molecule has 1 unspecified atom stereocenters. The normalized spacial score (nSPS) is 13.9. The highest BCUT2D eigenvalue weighted by Crippen LogP contribution is 2.06. The highest BCUT2D eigenvalue weighted by atomic mass is 32.2. The molecule has 0 heterocycles. The molecule has 2 amide bonds. The molecule has 0 aromatic heterocycles. The zero-order valence-corrected chi connectivity index (χ0v) is 11.2. The predicted molar refractivity (Wildman–Crippen MR) is 67.3 cm³/mol. The van der Waals surface area contributed by atoms with Gasteiger partial charge in [0.15, 0.2) is 6.04 Å². The molecule has 0 saturated carbocycles. The van der Waals surface area contributed by atoms with Crippen molar-refractivity contribution in [3.8, 4) is 0 Å². The van der Waals surface area contributed by atoms with Gasteiger partial charge in [0.05, 0.1) is 6.61 Å². The fourth-order valence-electron chi connectivity index (χ4n) is 1.12. The molecule has 0 radical (unpaired) electrons. The van der Waals surface area contributed by atoms with Crippen LogP contribution in [-0.2, 0) is 4.79 Å². The number of thioether (sulfide) groups is 1. The molecule has 0 spiro atoms. The summed E-state index contributed by atoms with van der Waals surface area (Å²) in [6, 6.07) is -1.71. The van der Waals surface area contributed by atoms with Gasteiger partial charge < -0.3 is 20.4 Å². The summed E-state index contributed by atoms with van der Waals surface area (Å²) in [6.07, 6.45) is 2.82. The lowest BCUT2D eigenvalue weighted by molar-refractivity contribution is -0.140. The second-order valence-electron chi connectivity index (χ2n) is 3.76. The SMILES string of the molecule is CSCCC(C)N(C)C(=O)N[C@H](CO)C(=O)O. The molecule has 0 saturated heterocycles. The zero-order chi connectivity index (χ0) is 13.4. The van der Waals surface area contributed by atoms with Crippen molar-refractivity contribution in [1.82, 2.24) is 10.2 Å². The van der Waals surface area contributed by atoms with Crippen LogP contribution in [0.15, 0.2) is 0 Å². The number of carbonyl (C=O) groups excluding carboxylic acids is 1. The molecule has 2 atom stereocenters. The number of hydrogen-bond donors (Lipinski definition) is 3. The van der Waals surface area contributed by atoms with Gasteiger partial charge in [-0.2, -0.15) is 11.8 Å². The van der Waals surface area contributed by atoms with E-state index < -0.39 is 24.6 Å². The first-order valence-electron chi connectivity index (χ1n) is 5.30. The molecule has 0 aliphatic rings. The van der Waals surface area contributed by atoms with E-state index in [1.165, 1.54) is 4.90 Å². The number of nitrogens with zero attached hydrogens (tertiary/aromatic N) is 1. The van der Waals surface area contributed by atoms with E-state index in [1.807, 2.05) is 13.2 Å². The molecule has 100 valence electrons. The molecule has 0 aliphatic carbocycles. The second-order valence-corrected chi connectivity index (χ2v) is 4.75. The molecular weight excluding hydrogens is 244 g/mol. The summed E-state index contributed by atoms with van der Waals surface area (Å²) >= 11 is 1.69. The fraction of sp³-hybridized carbons (Fsp3) is 0.800. The average molecular weight is 264 g/mol. The molecule has 0 fully saturated rings. The first kappa shape index (κ1) is 16.1. The van der Waals surface area contributed by atoms with Crippen molar-refractivity contribution < 1.29 is 19.8 Å². The van der Waals surface area contributed by atoms with E-state index in [0.29, 0.717) is 0 Å². The Kier molecular flexibility index (Phi) is 7.73. The highest BCUT2D eigenvalue weighted by molar-refractivity contribution is 7.98. The van der Waals surface area contributed by atoms with Crippen LogP contribution < -0.4 is 5.32 Å². The molecule has 17 heavy (non-hydrogen) atoms. The third kappa shape index (κ3) is 5.78. The Morgan fingerprint density at radius 3 is 2.47 bits per heavy atom. The third-order valence-electron chi connectivity index (χ3n) is 2.50. The van der Waals surface area contributed by atoms with Crippen LogP contribution in [0.1, 0.15) is 13.3 Å². The van der Waals surface area contributed by atoms with E-state index in [1.54, 1.807) is 18.8 Å². The highest BCUT2D eigenvalue weighted by Gasteiger charge is 2.22. The van der Waals surface area contributed by atoms with Gasteiger partial charge in [0.25, 0.3) is 0 Å². The van der Waals surface area contributed by atoms with Crippen LogP contribution in [-0.4, -0.2) is 64.9 Å². The van der Waals surface area contributed by atoms with Gasteiger partial charge in [0.1, 0.15) is 0 Å². The Balaban J connectivity index is 4.24. The maximum Gasteiger partial charge on any atom is 0.328 e. The molecule has 0 rings (SSSR count). The summed E-state index contributed by atoms with van der Waals surface area (Å²) in [5, 5.41) is 19.7. The van der Waals surface area contributed by atoms with Gasteiger partial charge in [-0.15, -0.1) is 0 Å². The van der Waals surface area contributed by atoms with Crippen molar-refractivity contribution in [3.05, 3.63) is 0 Å². The molecular formula is C10H20N2O4S. The van der Waals surface area contributed by atoms with Crippen molar-refractivity contribution in [2.24, 2.45) is 0 Å². The van der Waals surface area contributed by atoms with Gasteiger partial charge in [-0.05, 0) is 25.4 Å². The van der Waals surface area contributed by atoms with Crippen molar-refractivity contribution in [2.45, 2.75) is 25.4 Å². The number of urea groups is 1. The largest absolute Gasteiger partial charge is 0.480 e. The van der Waals surface area contributed by atoms with Crippen LogP contribution in [0.2, 0.25) is 0 Å². The summed E-state index contributed by atoms with van der Waals surface area (Å²) in [6.45, 7) is 1.28. The van der Waals surface area contributed by atoms with Crippen molar-refractivity contribution in [2.75, 3.05) is 25.7 Å². The smallest absolute Gasteiger partial charge is 0.328 e. The van der Waals surface area contributed by atoms with E-state index in [9.17, 15) is 9.59 Å². The molecule has 6 nitrogen and oxygen atoms in total. The predicted octanol–water partition coefficient (Wildman–Crippen LogP) is 0.215. The van der Waals surface area contributed by atoms with Gasteiger partial charge in [-0.25, -0.2) is 9.59 Å². The number of amides is 2. The van der Waals surface area contributed by atoms with E-state index in [0.717, 1.165) is 12.2 Å². The lowest BCUT2D eigenvalue weighted by Gasteiger charge is -2.26. The van der Waals surface area contributed by atoms with Crippen molar-refractivity contribution in [3.63, 3.8) is 0 Å². The minimum Gasteiger partial charge on any atom is -0.480 e. The number of aliphatic carboxylic acids is 1. The third-order valence-corrected chi connectivity index (χ3v) is 3.14. The standard InChI is InChI=1S/C10H20N2O4S/c1-7(4-5-17-3)12(2)10(16)11-8(6-13)9(14)15/h7-8,13H,4-6H2,1-3H3,(H,11,16)(H,14,15)/t7?,8-/m1/s1. The summed E-state index contributed by atoms with van der Waals surface area (Å²) in [4.78, 5) is 23.7. The molecule has 0 bridgehead atoms. The Morgan fingerprint density at radius 1 is 1.47 bits per heavy atom. The first-order valence-corrected chi connectivity index (χ1v) is 6.69. The van der Waals surface area contributed by atoms with Gasteiger partial charge in [0.2, 0.25) is 0 Å². The summed E-state index contributed by atoms with van der Waals surface area (Å²) in [5.41, 5.74) is 0. The number of carboxylic acids is 1. The van der Waals surface area contributed by atoms with Crippen molar-refractivity contribution >= 4 is 23.8 Å². The van der Waals surface area contributed by atoms with Crippen LogP contribution in [0.25, 0.3) is 0 Å². The first-order chi connectivity index (χ1) is 7.93. The average Bonchev–Trinajstić information content (AvgIpc) is 2.30. The zero-order valence-electron chi connectivity index (χ0n) is 10.3. The van der Waals surface area contributed by atoms with Gasteiger partial charge >= 0.3 is 12.0 Å². The monoisotopic (exact) mass is 264 g/mol. The number of aliphatic hydroxyl groups excluding tert-OH is 1. The number of carboxylic acid groups (broad SMARTS) is 1. The molecule has 0 aliphatic heterocycles. The van der Waals surface area contributed by atoms with Crippen molar-refractivity contribution in [1.29, 1.82) is 0 Å². The van der Waals surface area contributed by atoms with Gasteiger partial charge in [-0.1, -0.05) is 0 Å². The molecule has 7 heteroatoms. The second kappa shape index (κ2) is 8.19. The van der Waals surface area contributed by atoms with Crippen LogP contribution in [0.4, 0.5) is 4.79 Å². The molecule has 0 aromatic carbocycles. The van der Waals surface area contributed by atoms with Crippen LogP contribution in [0, 0.1) is 0 Å². The quantitative estimate of drug-likeness (QED) is 0.612. The number of nitrogens with one attached hydrogen (secondary N) is 1. The summed E-state index contributed by atoms with van der Waals surface area (Å²) in [7, 11) is 1.61.